The highest BCUT2D eigenvalue weighted by Gasteiger charge is 2.42. The third-order valence-electron chi connectivity index (χ3n) is 3.69. The summed E-state index contributed by atoms with van der Waals surface area (Å²) in [5, 5.41) is 2.74. The molecule has 2 amide bonds. The van der Waals surface area contributed by atoms with Gasteiger partial charge in [0.25, 0.3) is 0 Å². The van der Waals surface area contributed by atoms with Crippen LogP contribution >= 0.6 is 15.9 Å². The van der Waals surface area contributed by atoms with Gasteiger partial charge in [0.15, 0.2) is 0 Å². The molecule has 1 aromatic rings. The quantitative estimate of drug-likeness (QED) is 0.912. The van der Waals surface area contributed by atoms with Crippen LogP contribution in [0.2, 0.25) is 0 Å². The number of amides is 2. The lowest BCUT2D eigenvalue weighted by atomic mass is 10.1. The van der Waals surface area contributed by atoms with Crippen molar-refractivity contribution in [2.45, 2.75) is 25.4 Å². The molecule has 3 rings (SSSR count). The van der Waals surface area contributed by atoms with E-state index in [4.69, 9.17) is 0 Å². The summed E-state index contributed by atoms with van der Waals surface area (Å²) >= 11 is 3.28. The molecule has 106 valence electrons. The van der Waals surface area contributed by atoms with E-state index in [1.165, 1.54) is 11.0 Å². The lowest BCUT2D eigenvalue weighted by molar-refractivity contribution is -0.145. The number of rotatable bonds is 3. The van der Waals surface area contributed by atoms with E-state index < -0.39 is 6.04 Å². The Morgan fingerprint density at radius 3 is 2.80 bits per heavy atom. The molecule has 1 N–H and O–H groups in total. The first-order valence-electron chi connectivity index (χ1n) is 6.56. The van der Waals surface area contributed by atoms with E-state index >= 15 is 0 Å². The van der Waals surface area contributed by atoms with E-state index in [1.807, 2.05) is 0 Å². The average molecular weight is 341 g/mol. The van der Waals surface area contributed by atoms with E-state index in [0.29, 0.717) is 5.56 Å². The number of hydrogen-bond acceptors (Lipinski definition) is 2. The molecule has 1 heterocycles. The number of nitrogens with one attached hydrogen (secondary N) is 1. The van der Waals surface area contributed by atoms with Gasteiger partial charge >= 0.3 is 0 Å². The summed E-state index contributed by atoms with van der Waals surface area (Å²) in [6.07, 6.45) is 1.94. The van der Waals surface area contributed by atoms with Crippen LogP contribution in [0.3, 0.4) is 0 Å². The van der Waals surface area contributed by atoms with Gasteiger partial charge in [-0.05, 0) is 37.0 Å². The van der Waals surface area contributed by atoms with Crippen molar-refractivity contribution in [1.82, 2.24) is 10.2 Å². The Morgan fingerprint density at radius 1 is 1.35 bits per heavy atom. The highest BCUT2D eigenvalue weighted by Crippen LogP contribution is 2.34. The first kappa shape index (κ1) is 13.5. The zero-order valence-corrected chi connectivity index (χ0v) is 12.3. The number of nitrogens with zero attached hydrogens (tertiary/aromatic N) is 1. The van der Waals surface area contributed by atoms with Crippen molar-refractivity contribution in [1.29, 1.82) is 0 Å². The minimum Gasteiger partial charge on any atom is -0.342 e. The minimum atomic E-state index is -0.425. The summed E-state index contributed by atoms with van der Waals surface area (Å²) in [7, 11) is 0. The fraction of sp³-hybridized carbons (Fsp3) is 0.429. The van der Waals surface area contributed by atoms with Crippen LogP contribution in [0.1, 0.15) is 18.4 Å². The van der Waals surface area contributed by atoms with E-state index in [2.05, 4.69) is 21.2 Å². The van der Waals surface area contributed by atoms with E-state index in [9.17, 15) is 14.0 Å². The molecule has 1 saturated heterocycles. The molecule has 2 aliphatic rings. The van der Waals surface area contributed by atoms with E-state index in [1.54, 1.807) is 12.1 Å². The smallest absolute Gasteiger partial charge is 0.246 e. The van der Waals surface area contributed by atoms with Gasteiger partial charge in [-0.2, -0.15) is 0 Å². The molecule has 1 unspecified atom stereocenters. The Labute approximate surface area is 124 Å². The number of carbonyl (C=O) groups excluding carboxylic acids is 2. The predicted octanol–water partition coefficient (Wildman–Crippen LogP) is 1.83. The van der Waals surface area contributed by atoms with Gasteiger partial charge in [-0.3, -0.25) is 9.59 Å². The Kier molecular flexibility index (Phi) is 3.50. The second-order valence-electron chi connectivity index (χ2n) is 5.31. The summed E-state index contributed by atoms with van der Waals surface area (Å²) in [5.74, 6) is -0.389. The molecule has 1 atom stereocenters. The van der Waals surface area contributed by atoms with Crippen LogP contribution in [0.4, 0.5) is 4.39 Å². The van der Waals surface area contributed by atoms with Gasteiger partial charge < -0.3 is 10.2 Å². The van der Waals surface area contributed by atoms with Crippen LogP contribution in [0.25, 0.3) is 0 Å². The van der Waals surface area contributed by atoms with Crippen LogP contribution in [0, 0.1) is 11.7 Å². The highest BCUT2D eigenvalue weighted by atomic mass is 79.9. The standard InChI is InChI=1S/C14H14BrFN2O2/c15-10-3-4-11(16)9(5-10)6-18-7-12(19)17-13(14(18)20)8-1-2-8/h3-5,8,13H,1-2,6-7H2,(H,17,19). The van der Waals surface area contributed by atoms with Gasteiger partial charge in [-0.15, -0.1) is 0 Å². The topological polar surface area (TPSA) is 49.4 Å². The maximum Gasteiger partial charge on any atom is 0.246 e. The van der Waals surface area contributed by atoms with Crippen LogP contribution < -0.4 is 5.32 Å². The van der Waals surface area contributed by atoms with Crippen molar-refractivity contribution in [3.8, 4) is 0 Å². The summed E-state index contributed by atoms with van der Waals surface area (Å²) < 4.78 is 14.5. The molecule has 1 aliphatic carbocycles. The second-order valence-corrected chi connectivity index (χ2v) is 6.23. The minimum absolute atomic E-state index is 0.00595. The lowest BCUT2D eigenvalue weighted by Gasteiger charge is -2.32. The summed E-state index contributed by atoms with van der Waals surface area (Å²) in [6.45, 7) is 0.120. The number of carbonyl (C=O) groups is 2. The van der Waals surface area contributed by atoms with E-state index in [-0.39, 0.29) is 36.6 Å². The third-order valence-corrected chi connectivity index (χ3v) is 4.18. The summed E-state index contributed by atoms with van der Waals surface area (Å²) in [5.41, 5.74) is 0.414. The van der Waals surface area contributed by atoms with Crippen LogP contribution in [-0.4, -0.2) is 29.3 Å². The fourth-order valence-corrected chi connectivity index (χ4v) is 2.89. The van der Waals surface area contributed by atoms with E-state index in [0.717, 1.165) is 17.3 Å². The summed E-state index contributed by atoms with van der Waals surface area (Å²) in [6, 6.07) is 4.18. The molecule has 4 nitrogen and oxygen atoms in total. The van der Waals surface area contributed by atoms with Crippen LogP contribution in [0.15, 0.2) is 22.7 Å². The molecule has 0 bridgehead atoms. The zero-order chi connectivity index (χ0) is 14.3. The first-order chi connectivity index (χ1) is 9.54. The zero-order valence-electron chi connectivity index (χ0n) is 10.7. The van der Waals surface area contributed by atoms with Gasteiger partial charge in [0.1, 0.15) is 11.9 Å². The van der Waals surface area contributed by atoms with Gasteiger partial charge in [0.2, 0.25) is 11.8 Å². The Bertz CT molecular complexity index is 574. The highest BCUT2D eigenvalue weighted by molar-refractivity contribution is 9.10. The maximum absolute atomic E-state index is 13.8. The number of benzene rings is 1. The van der Waals surface area contributed by atoms with Crippen LogP contribution in [0.5, 0.6) is 0 Å². The largest absolute Gasteiger partial charge is 0.342 e. The van der Waals surface area contributed by atoms with Gasteiger partial charge in [0.05, 0.1) is 6.54 Å². The fourth-order valence-electron chi connectivity index (χ4n) is 2.48. The normalized spacial score (nSPS) is 22.9. The monoisotopic (exact) mass is 340 g/mol. The molecule has 0 spiro atoms. The molecule has 0 aromatic heterocycles. The Balaban J connectivity index is 1.79. The van der Waals surface area contributed by atoms with Crippen molar-refractivity contribution in [2.24, 2.45) is 5.92 Å². The number of piperazine rings is 1. The molecular weight excluding hydrogens is 327 g/mol. The molecule has 2 fully saturated rings. The first-order valence-corrected chi connectivity index (χ1v) is 7.36. The maximum atomic E-state index is 13.8. The average Bonchev–Trinajstić information content (AvgIpc) is 3.22. The molecule has 6 heteroatoms. The van der Waals surface area contributed by atoms with Crippen molar-refractivity contribution < 1.29 is 14.0 Å². The number of hydrogen-bond donors (Lipinski definition) is 1. The van der Waals surface area contributed by atoms with Crippen molar-refractivity contribution in [3.63, 3.8) is 0 Å². The van der Waals surface area contributed by atoms with Crippen molar-refractivity contribution >= 4 is 27.7 Å². The van der Waals surface area contributed by atoms with Crippen molar-refractivity contribution in [3.05, 3.63) is 34.1 Å². The molecular formula is C14H14BrFN2O2. The number of halogens is 2. The molecule has 1 aromatic carbocycles. The summed E-state index contributed by atoms with van der Waals surface area (Å²) in [4.78, 5) is 25.5. The van der Waals surface area contributed by atoms with Crippen molar-refractivity contribution in [2.75, 3.05) is 6.54 Å². The SMILES string of the molecule is O=C1CN(Cc2cc(Br)ccc2F)C(=O)C(C2CC2)N1. The van der Waals surface area contributed by atoms with Gasteiger partial charge in [0, 0.05) is 16.6 Å². The lowest BCUT2D eigenvalue weighted by Crippen LogP contribution is -2.58. The Morgan fingerprint density at radius 2 is 2.10 bits per heavy atom. The molecule has 1 saturated carbocycles. The van der Waals surface area contributed by atoms with Gasteiger partial charge in [-0.25, -0.2) is 4.39 Å². The second kappa shape index (κ2) is 5.16. The molecule has 1 aliphatic heterocycles. The van der Waals surface area contributed by atoms with Gasteiger partial charge in [-0.1, -0.05) is 15.9 Å². The predicted molar refractivity (Wildman–Crippen MR) is 74.2 cm³/mol. The Hall–Kier alpha value is -1.43. The molecule has 0 radical (unpaired) electrons. The third kappa shape index (κ3) is 2.70. The molecule has 20 heavy (non-hydrogen) atoms. The van der Waals surface area contributed by atoms with Crippen LogP contribution in [-0.2, 0) is 16.1 Å².